The Morgan fingerprint density at radius 3 is 2.54 bits per heavy atom. The molecule has 0 saturated heterocycles. The molecule has 50 heavy (non-hydrogen) atoms. The Bertz CT molecular complexity index is 2390. The number of Topliss-reactive ketones (excluding diaryl/α,β-unsaturated/α-hetero) is 2. The van der Waals surface area contributed by atoms with Crippen LogP contribution < -0.4 is 30.9 Å². The summed E-state index contributed by atoms with van der Waals surface area (Å²) >= 11 is 1.31. The van der Waals surface area contributed by atoms with Crippen LogP contribution in [0.15, 0.2) is 78.6 Å². The highest BCUT2D eigenvalue weighted by atomic mass is 32.1. The van der Waals surface area contributed by atoms with E-state index in [-0.39, 0.29) is 36.6 Å². The Kier molecular flexibility index (Phi) is 7.41. The van der Waals surface area contributed by atoms with Gasteiger partial charge in [-0.25, -0.2) is 15.0 Å². The Labute approximate surface area is 291 Å². The fourth-order valence-corrected chi connectivity index (χ4v) is 7.96. The number of rotatable bonds is 6. The summed E-state index contributed by atoms with van der Waals surface area (Å²) in [6, 6.07) is 18.9. The van der Waals surface area contributed by atoms with Crippen molar-refractivity contribution in [2.24, 2.45) is 5.92 Å². The molecule has 1 aliphatic heterocycles. The lowest BCUT2D eigenvalue weighted by molar-refractivity contribution is -0.126. The molecule has 0 spiro atoms. The normalized spacial score (nSPS) is 18.7. The molecule has 2 unspecified atom stereocenters. The fraction of sp³-hybridized carbons (Fsp3) is 0.184. The van der Waals surface area contributed by atoms with Crippen molar-refractivity contribution in [1.82, 2.24) is 15.0 Å². The van der Waals surface area contributed by atoms with E-state index in [0.717, 1.165) is 32.7 Å². The predicted octanol–water partition coefficient (Wildman–Crippen LogP) is 4.34. The van der Waals surface area contributed by atoms with Crippen molar-refractivity contribution in [1.29, 1.82) is 0 Å². The second-order valence-corrected chi connectivity index (χ2v) is 13.6. The van der Waals surface area contributed by atoms with Gasteiger partial charge in [-0.2, -0.15) is 0 Å². The zero-order chi connectivity index (χ0) is 34.7. The number of hydrogen-bond donors (Lipinski definition) is 2. The smallest absolute Gasteiger partial charge is 0.245 e. The van der Waals surface area contributed by atoms with Gasteiger partial charge in [0.15, 0.2) is 22.5 Å². The van der Waals surface area contributed by atoms with Gasteiger partial charge in [-0.1, -0.05) is 61.5 Å². The van der Waals surface area contributed by atoms with Crippen molar-refractivity contribution >= 4 is 69.2 Å². The van der Waals surface area contributed by atoms with Crippen molar-refractivity contribution in [3.8, 4) is 22.4 Å². The van der Waals surface area contributed by atoms with E-state index in [1.165, 1.54) is 24.6 Å². The minimum Gasteiger partial charge on any atom is -0.340 e. The van der Waals surface area contributed by atoms with Crippen molar-refractivity contribution in [3.05, 3.63) is 100 Å². The van der Waals surface area contributed by atoms with E-state index in [4.69, 9.17) is 0 Å². The molecule has 12 heteroatoms. The van der Waals surface area contributed by atoms with Crippen LogP contribution in [0.1, 0.15) is 36.7 Å². The number of fused-ring (bicyclic) bond motifs is 6. The number of carbonyl (C=O) groups excluding carboxylic acids is 4. The van der Waals surface area contributed by atoms with Crippen molar-refractivity contribution in [3.63, 3.8) is 0 Å². The maximum Gasteiger partial charge on any atom is 0.245 e. The van der Waals surface area contributed by atoms with Gasteiger partial charge in [-0.05, 0) is 52.3 Å². The fourth-order valence-electron chi connectivity index (χ4n) is 7.23. The quantitative estimate of drug-likeness (QED) is 0.268. The predicted molar refractivity (Wildman–Crippen MR) is 193 cm³/mol. The van der Waals surface area contributed by atoms with Crippen LogP contribution in [0, 0.1) is 5.92 Å². The van der Waals surface area contributed by atoms with Crippen LogP contribution >= 0.6 is 11.3 Å². The summed E-state index contributed by atoms with van der Waals surface area (Å²) in [4.78, 5) is 69.5. The van der Waals surface area contributed by atoms with E-state index >= 15 is 0 Å². The van der Waals surface area contributed by atoms with Gasteiger partial charge in [0.1, 0.15) is 17.6 Å². The summed E-state index contributed by atoms with van der Waals surface area (Å²) in [5.74, 6) is -0.403. The van der Waals surface area contributed by atoms with E-state index in [0.29, 0.717) is 33.6 Å². The van der Waals surface area contributed by atoms with Crippen molar-refractivity contribution < 1.29 is 19.2 Å². The lowest BCUT2D eigenvalue weighted by atomic mass is 9.73. The number of ketones is 2. The number of nitrogens with zero attached hydrogens (tertiary/aromatic N) is 5. The second kappa shape index (κ2) is 11.8. The molecule has 2 amide bonds. The number of aromatic nitrogens is 3. The molecule has 3 aromatic carbocycles. The minimum atomic E-state index is -1.15. The zero-order valence-electron chi connectivity index (χ0n) is 27.4. The molecule has 11 nitrogen and oxygen atoms in total. The summed E-state index contributed by atoms with van der Waals surface area (Å²) in [6.45, 7) is 5.42. The van der Waals surface area contributed by atoms with E-state index in [9.17, 15) is 19.2 Å². The molecule has 8 rings (SSSR count). The SMILES string of the molecule is CC(=O)Nc1ccc(-c2csc(NC(=O)CN3CN(C4(C)C(=O)C(C)C=c5c4ccc4c5=CC(=O)c5ccccc5-4)c4ncncc43)n2)cc1. The summed E-state index contributed by atoms with van der Waals surface area (Å²) < 4.78 is 0. The van der Waals surface area contributed by atoms with Crippen LogP contribution in [-0.4, -0.2) is 51.5 Å². The maximum atomic E-state index is 14.3. The summed E-state index contributed by atoms with van der Waals surface area (Å²) in [5.41, 5.74) is 4.98. The summed E-state index contributed by atoms with van der Waals surface area (Å²) in [7, 11) is 0. The van der Waals surface area contributed by atoms with Gasteiger partial charge in [0.25, 0.3) is 0 Å². The average molecular weight is 682 g/mol. The van der Waals surface area contributed by atoms with Gasteiger partial charge in [-0.15, -0.1) is 11.3 Å². The van der Waals surface area contributed by atoms with E-state index < -0.39 is 11.5 Å². The highest BCUT2D eigenvalue weighted by Crippen LogP contribution is 2.44. The standard InChI is InChI=1S/C38H31N7O4S/c1-21-14-29-28-15-33(47)27-7-5-4-6-25(27)26(28)12-13-30(29)38(3,35(21)49)45-20-44(32-16-39-19-40-36(32)45)17-34(48)43-37-42-31(18-50-37)23-8-10-24(11-9-23)41-22(2)46/h4-16,18-19,21H,17,20H2,1-3H3,(H,41,46)(H,42,43,48). The molecule has 2 aliphatic carbocycles. The Balaban J connectivity index is 1.08. The van der Waals surface area contributed by atoms with Gasteiger partial charge in [0.2, 0.25) is 11.8 Å². The molecule has 3 heterocycles. The lowest BCUT2D eigenvalue weighted by Gasteiger charge is -2.42. The van der Waals surface area contributed by atoms with E-state index in [1.807, 2.05) is 83.6 Å². The molecule has 0 bridgehead atoms. The topological polar surface area (TPSA) is 137 Å². The third-order valence-corrected chi connectivity index (χ3v) is 10.3. The van der Waals surface area contributed by atoms with Crippen LogP contribution in [-0.2, 0) is 19.9 Å². The molecular formula is C38H31N7O4S. The molecule has 2 atom stereocenters. The first-order valence-electron chi connectivity index (χ1n) is 16.1. The molecular weight excluding hydrogens is 651 g/mol. The monoisotopic (exact) mass is 681 g/mol. The van der Waals surface area contributed by atoms with Crippen molar-refractivity contribution in [2.75, 3.05) is 33.6 Å². The summed E-state index contributed by atoms with van der Waals surface area (Å²) in [5, 5.41) is 9.62. The van der Waals surface area contributed by atoms with Crippen LogP contribution in [0.3, 0.4) is 0 Å². The first-order valence-corrected chi connectivity index (χ1v) is 17.0. The molecule has 0 saturated carbocycles. The number of hydrogen-bond acceptors (Lipinski definition) is 10. The molecule has 0 fully saturated rings. The van der Waals surface area contributed by atoms with Crippen LogP contribution in [0.25, 0.3) is 34.5 Å². The lowest BCUT2D eigenvalue weighted by Crippen LogP contribution is -2.59. The zero-order valence-corrected chi connectivity index (χ0v) is 28.2. The average Bonchev–Trinajstić information content (AvgIpc) is 3.72. The third-order valence-electron chi connectivity index (χ3n) is 9.59. The van der Waals surface area contributed by atoms with Crippen molar-refractivity contribution in [2.45, 2.75) is 26.3 Å². The summed E-state index contributed by atoms with van der Waals surface area (Å²) in [6.07, 6.45) is 6.74. The third kappa shape index (κ3) is 5.07. The molecule has 5 aromatic rings. The van der Waals surface area contributed by atoms with E-state index in [1.54, 1.807) is 24.4 Å². The first-order chi connectivity index (χ1) is 24.1. The maximum absolute atomic E-state index is 14.3. The van der Waals surface area contributed by atoms with E-state index in [2.05, 4.69) is 25.6 Å². The van der Waals surface area contributed by atoms with Gasteiger partial charge in [0, 0.05) is 35.0 Å². The van der Waals surface area contributed by atoms with Crippen LogP contribution in [0.2, 0.25) is 0 Å². The Morgan fingerprint density at radius 2 is 1.76 bits per heavy atom. The second-order valence-electron chi connectivity index (χ2n) is 12.8. The highest BCUT2D eigenvalue weighted by Gasteiger charge is 2.50. The molecule has 0 radical (unpaired) electrons. The van der Waals surface area contributed by atoms with Crippen LogP contribution in [0.5, 0.6) is 0 Å². The molecule has 2 aromatic heterocycles. The Morgan fingerprint density at radius 1 is 0.980 bits per heavy atom. The molecule has 2 N–H and O–H groups in total. The van der Waals surface area contributed by atoms with Gasteiger partial charge in [0.05, 0.1) is 25.1 Å². The molecule has 248 valence electrons. The van der Waals surface area contributed by atoms with Gasteiger partial charge < -0.3 is 20.4 Å². The number of thiazole rings is 1. The number of anilines is 4. The number of nitrogens with one attached hydrogen (secondary N) is 2. The van der Waals surface area contributed by atoms with Gasteiger partial charge in [-0.3, -0.25) is 19.2 Å². The largest absolute Gasteiger partial charge is 0.340 e. The number of amides is 2. The Hall–Kier alpha value is -6.01. The minimum absolute atomic E-state index is 0.0104. The molecule has 3 aliphatic rings. The number of carbonyl (C=O) groups is 4. The van der Waals surface area contributed by atoms with Crippen LogP contribution in [0.4, 0.5) is 22.3 Å². The number of benzene rings is 3. The van der Waals surface area contributed by atoms with Gasteiger partial charge >= 0.3 is 0 Å². The highest BCUT2D eigenvalue weighted by molar-refractivity contribution is 7.14. The first kappa shape index (κ1) is 31.3.